The Bertz CT molecular complexity index is 730. The van der Waals surface area contributed by atoms with Crippen molar-refractivity contribution in [2.45, 2.75) is 6.18 Å². The highest BCUT2D eigenvalue weighted by Gasteiger charge is 2.32. The lowest BCUT2D eigenvalue weighted by molar-refractivity contribution is -0.137. The quantitative estimate of drug-likeness (QED) is 0.747. The van der Waals surface area contributed by atoms with Crippen LogP contribution in [-0.2, 0) is 6.18 Å². The third-order valence-electron chi connectivity index (χ3n) is 2.53. The van der Waals surface area contributed by atoms with Gasteiger partial charge in [-0.3, -0.25) is 0 Å². The first kappa shape index (κ1) is 12.0. The average molecular weight is 284 g/mol. The number of thiophene rings is 1. The minimum absolute atomic E-state index is 0.0508. The molecule has 98 valence electrons. The van der Waals surface area contributed by atoms with Gasteiger partial charge in [0.05, 0.1) is 16.1 Å². The Kier molecular flexibility index (Phi) is 2.49. The Morgan fingerprint density at radius 2 is 2.11 bits per heavy atom. The van der Waals surface area contributed by atoms with E-state index in [4.69, 9.17) is 5.73 Å². The lowest BCUT2D eigenvalue weighted by Crippen LogP contribution is -2.08. The molecule has 0 aliphatic carbocycles. The van der Waals surface area contributed by atoms with Crippen molar-refractivity contribution in [3.8, 4) is 10.7 Å². The normalized spacial score (nSPS) is 12.2. The summed E-state index contributed by atoms with van der Waals surface area (Å²) in [6.45, 7) is 0. The van der Waals surface area contributed by atoms with Gasteiger partial charge < -0.3 is 5.73 Å². The predicted molar refractivity (Wildman–Crippen MR) is 65.7 cm³/mol. The van der Waals surface area contributed by atoms with Gasteiger partial charge in [-0.2, -0.15) is 13.2 Å². The molecular formula is C11H7F3N4S. The lowest BCUT2D eigenvalue weighted by Gasteiger charge is -2.07. The number of fused-ring (bicyclic) bond motifs is 1. The van der Waals surface area contributed by atoms with Crippen molar-refractivity contribution in [2.24, 2.45) is 0 Å². The molecule has 2 N–H and O–H groups in total. The first-order chi connectivity index (χ1) is 8.95. The van der Waals surface area contributed by atoms with Crippen LogP contribution in [0.1, 0.15) is 5.56 Å². The molecule has 0 saturated carbocycles. The molecule has 0 unspecified atom stereocenters. The van der Waals surface area contributed by atoms with Gasteiger partial charge in [0.2, 0.25) is 0 Å². The number of anilines is 1. The molecule has 0 aliphatic rings. The van der Waals surface area contributed by atoms with Crippen LogP contribution < -0.4 is 5.73 Å². The van der Waals surface area contributed by atoms with E-state index in [0.717, 1.165) is 21.7 Å². The van der Waals surface area contributed by atoms with Gasteiger partial charge in [-0.25, -0.2) is 9.50 Å². The summed E-state index contributed by atoms with van der Waals surface area (Å²) in [6, 6.07) is 4.47. The highest BCUT2D eigenvalue weighted by molar-refractivity contribution is 7.13. The number of nitrogen functional groups attached to an aromatic ring is 1. The molecule has 0 bridgehead atoms. The van der Waals surface area contributed by atoms with Gasteiger partial charge in [0.25, 0.3) is 0 Å². The molecule has 4 nitrogen and oxygen atoms in total. The molecular weight excluding hydrogens is 277 g/mol. The van der Waals surface area contributed by atoms with Gasteiger partial charge in [0, 0.05) is 6.20 Å². The maximum absolute atomic E-state index is 12.7. The van der Waals surface area contributed by atoms with E-state index >= 15 is 0 Å². The first-order valence-electron chi connectivity index (χ1n) is 5.22. The molecule has 3 heterocycles. The van der Waals surface area contributed by atoms with Crippen LogP contribution >= 0.6 is 11.3 Å². The largest absolute Gasteiger partial charge is 0.417 e. The number of nitrogens with zero attached hydrogens (tertiary/aromatic N) is 3. The molecule has 3 rings (SSSR count). The van der Waals surface area contributed by atoms with Crippen molar-refractivity contribution in [3.05, 3.63) is 35.3 Å². The summed E-state index contributed by atoms with van der Waals surface area (Å²) in [7, 11) is 0. The van der Waals surface area contributed by atoms with Crippen molar-refractivity contribution >= 4 is 22.7 Å². The summed E-state index contributed by atoms with van der Waals surface area (Å²) in [5.41, 5.74) is 4.92. The Labute approximate surface area is 109 Å². The second-order valence-electron chi connectivity index (χ2n) is 3.86. The van der Waals surface area contributed by atoms with Gasteiger partial charge in [-0.1, -0.05) is 6.07 Å². The second-order valence-corrected chi connectivity index (χ2v) is 4.81. The SMILES string of the molecule is Nc1cc(C(F)(F)F)cn2nc(-c3cccs3)nc12. The number of nitrogens with two attached hydrogens (primary N) is 1. The molecule has 0 spiro atoms. The Morgan fingerprint density at radius 1 is 1.32 bits per heavy atom. The number of alkyl halides is 3. The fourth-order valence-electron chi connectivity index (χ4n) is 1.68. The van der Waals surface area contributed by atoms with E-state index in [-0.39, 0.29) is 11.3 Å². The lowest BCUT2D eigenvalue weighted by atomic mass is 10.2. The second kappa shape index (κ2) is 3.95. The van der Waals surface area contributed by atoms with Gasteiger partial charge >= 0.3 is 6.18 Å². The van der Waals surface area contributed by atoms with Gasteiger partial charge in [-0.15, -0.1) is 16.4 Å². The van der Waals surface area contributed by atoms with Crippen molar-refractivity contribution in [1.29, 1.82) is 0 Å². The highest BCUT2D eigenvalue weighted by atomic mass is 32.1. The van der Waals surface area contributed by atoms with Crippen LogP contribution in [0.2, 0.25) is 0 Å². The molecule has 0 fully saturated rings. The van der Waals surface area contributed by atoms with Gasteiger partial charge in [0.1, 0.15) is 0 Å². The van der Waals surface area contributed by atoms with E-state index in [0.29, 0.717) is 5.82 Å². The number of pyridine rings is 1. The number of hydrogen-bond donors (Lipinski definition) is 1. The molecule has 0 aromatic carbocycles. The minimum atomic E-state index is -4.46. The predicted octanol–water partition coefficient (Wildman–Crippen LogP) is 3.06. The summed E-state index contributed by atoms with van der Waals surface area (Å²) in [5, 5.41) is 5.86. The van der Waals surface area contributed by atoms with Crippen molar-refractivity contribution in [3.63, 3.8) is 0 Å². The summed E-state index contributed by atoms with van der Waals surface area (Å²) < 4.78 is 39.0. The fraction of sp³-hybridized carbons (Fsp3) is 0.0909. The molecule has 0 amide bonds. The average Bonchev–Trinajstić information content (AvgIpc) is 2.95. The maximum Gasteiger partial charge on any atom is 0.417 e. The number of halogens is 3. The van der Waals surface area contributed by atoms with E-state index in [9.17, 15) is 13.2 Å². The molecule has 3 aromatic rings. The fourth-order valence-corrected chi connectivity index (χ4v) is 2.33. The Morgan fingerprint density at radius 3 is 2.74 bits per heavy atom. The summed E-state index contributed by atoms with van der Waals surface area (Å²) >= 11 is 1.41. The van der Waals surface area contributed by atoms with Crippen LogP contribution in [-0.4, -0.2) is 14.6 Å². The molecule has 8 heteroatoms. The zero-order chi connectivity index (χ0) is 13.6. The van der Waals surface area contributed by atoms with Crippen molar-refractivity contribution < 1.29 is 13.2 Å². The molecule has 0 saturated heterocycles. The van der Waals surface area contributed by atoms with Crippen LogP contribution in [0, 0.1) is 0 Å². The summed E-state index contributed by atoms with van der Waals surface area (Å²) in [5.74, 6) is 0.362. The zero-order valence-electron chi connectivity index (χ0n) is 9.35. The summed E-state index contributed by atoms with van der Waals surface area (Å²) in [6.07, 6.45) is -3.58. The van der Waals surface area contributed by atoms with E-state index < -0.39 is 11.7 Å². The molecule has 0 radical (unpaired) electrons. The van der Waals surface area contributed by atoms with Crippen LogP contribution in [0.25, 0.3) is 16.3 Å². The number of rotatable bonds is 1. The molecule has 0 aliphatic heterocycles. The molecule has 3 aromatic heterocycles. The first-order valence-corrected chi connectivity index (χ1v) is 6.10. The van der Waals surface area contributed by atoms with E-state index in [2.05, 4.69) is 10.1 Å². The smallest absolute Gasteiger partial charge is 0.396 e. The minimum Gasteiger partial charge on any atom is -0.396 e. The third-order valence-corrected chi connectivity index (χ3v) is 3.40. The monoisotopic (exact) mass is 284 g/mol. The van der Waals surface area contributed by atoms with E-state index in [1.54, 1.807) is 6.07 Å². The molecule has 19 heavy (non-hydrogen) atoms. The topological polar surface area (TPSA) is 56.2 Å². The highest BCUT2D eigenvalue weighted by Crippen LogP contribution is 2.32. The van der Waals surface area contributed by atoms with Gasteiger partial charge in [-0.05, 0) is 17.5 Å². The zero-order valence-corrected chi connectivity index (χ0v) is 10.2. The summed E-state index contributed by atoms with van der Waals surface area (Å²) in [4.78, 5) is 4.92. The maximum atomic E-state index is 12.7. The van der Waals surface area contributed by atoms with Crippen LogP contribution in [0.5, 0.6) is 0 Å². The standard InChI is InChI=1S/C11H7F3N4S/c12-11(13,14)6-4-7(15)10-16-9(17-18(10)5-6)8-2-1-3-19-8/h1-5H,15H2. The van der Waals surface area contributed by atoms with E-state index in [1.165, 1.54) is 11.3 Å². The van der Waals surface area contributed by atoms with Gasteiger partial charge in [0.15, 0.2) is 11.5 Å². The Hall–Kier alpha value is -2.09. The van der Waals surface area contributed by atoms with Crippen LogP contribution in [0.15, 0.2) is 29.8 Å². The van der Waals surface area contributed by atoms with Crippen LogP contribution in [0.3, 0.4) is 0 Å². The Balaban J connectivity index is 2.21. The van der Waals surface area contributed by atoms with Crippen LogP contribution in [0.4, 0.5) is 18.9 Å². The number of aromatic nitrogens is 3. The van der Waals surface area contributed by atoms with Crippen molar-refractivity contribution in [2.75, 3.05) is 5.73 Å². The van der Waals surface area contributed by atoms with E-state index in [1.807, 2.05) is 11.4 Å². The number of hydrogen-bond acceptors (Lipinski definition) is 4. The third kappa shape index (κ3) is 2.03. The molecule has 0 atom stereocenters. The van der Waals surface area contributed by atoms with Crippen molar-refractivity contribution in [1.82, 2.24) is 14.6 Å².